The van der Waals surface area contributed by atoms with Crippen LogP contribution < -0.4 is 29.0 Å². The molecule has 31 heavy (non-hydrogen) atoms. The van der Waals surface area contributed by atoms with E-state index in [2.05, 4.69) is 5.32 Å². The van der Waals surface area contributed by atoms with Crippen LogP contribution in [0.3, 0.4) is 0 Å². The van der Waals surface area contributed by atoms with E-state index >= 15 is 0 Å². The first-order valence-corrected chi connectivity index (χ1v) is 9.68. The molecule has 1 heterocycles. The van der Waals surface area contributed by atoms with E-state index in [0.29, 0.717) is 49.2 Å². The molecular formula is C22H25NO8. The van der Waals surface area contributed by atoms with Crippen molar-refractivity contribution in [3.63, 3.8) is 0 Å². The number of ether oxygens (including phenoxy) is 6. The van der Waals surface area contributed by atoms with Crippen molar-refractivity contribution in [3.05, 3.63) is 41.5 Å². The number of fused-ring (bicyclic) bond motifs is 1. The van der Waals surface area contributed by atoms with Gasteiger partial charge in [-0.3, -0.25) is 4.79 Å². The monoisotopic (exact) mass is 431 g/mol. The first-order chi connectivity index (χ1) is 15.0. The maximum atomic E-state index is 12.3. The Kier molecular flexibility index (Phi) is 7.42. The molecule has 0 saturated heterocycles. The lowest BCUT2D eigenvalue weighted by atomic mass is 10.1. The van der Waals surface area contributed by atoms with Crippen LogP contribution >= 0.6 is 0 Å². The van der Waals surface area contributed by atoms with Gasteiger partial charge in [0.15, 0.2) is 29.6 Å². The minimum atomic E-state index is -0.679. The molecule has 2 aromatic rings. The summed E-state index contributed by atoms with van der Waals surface area (Å²) < 4.78 is 31.8. The number of hydrogen-bond acceptors (Lipinski definition) is 8. The van der Waals surface area contributed by atoms with Crippen molar-refractivity contribution >= 4 is 11.9 Å². The van der Waals surface area contributed by atoms with E-state index < -0.39 is 18.5 Å². The fourth-order valence-corrected chi connectivity index (χ4v) is 3.05. The summed E-state index contributed by atoms with van der Waals surface area (Å²) in [6, 6.07) is 8.59. The van der Waals surface area contributed by atoms with Gasteiger partial charge < -0.3 is 33.7 Å². The Balaban J connectivity index is 1.49. The minimum Gasteiger partial charge on any atom is -0.493 e. The molecule has 0 fully saturated rings. The minimum absolute atomic E-state index is 0.179. The molecule has 0 radical (unpaired) electrons. The van der Waals surface area contributed by atoms with Crippen LogP contribution in [-0.2, 0) is 16.0 Å². The van der Waals surface area contributed by atoms with Crippen molar-refractivity contribution in [1.29, 1.82) is 0 Å². The van der Waals surface area contributed by atoms with Crippen molar-refractivity contribution in [3.8, 4) is 28.7 Å². The summed E-state index contributed by atoms with van der Waals surface area (Å²) in [5, 5.41) is 2.72. The second-order valence-electron chi connectivity index (χ2n) is 6.57. The van der Waals surface area contributed by atoms with Crippen molar-refractivity contribution in [1.82, 2.24) is 5.32 Å². The van der Waals surface area contributed by atoms with Gasteiger partial charge in [0.2, 0.25) is 5.75 Å². The molecular weight excluding hydrogens is 406 g/mol. The van der Waals surface area contributed by atoms with Gasteiger partial charge >= 0.3 is 5.97 Å². The molecule has 1 aliphatic rings. The summed E-state index contributed by atoms with van der Waals surface area (Å²) in [7, 11) is 4.36. The van der Waals surface area contributed by atoms with Crippen molar-refractivity contribution in [2.75, 3.05) is 47.7 Å². The van der Waals surface area contributed by atoms with E-state index in [1.165, 1.54) is 33.5 Å². The number of benzene rings is 2. The predicted octanol–water partition coefficient (Wildman–Crippen LogP) is 2.00. The number of esters is 1. The van der Waals surface area contributed by atoms with Crippen LogP contribution in [0.5, 0.6) is 28.7 Å². The zero-order chi connectivity index (χ0) is 22.2. The first-order valence-electron chi connectivity index (χ1n) is 9.68. The smallest absolute Gasteiger partial charge is 0.338 e. The van der Waals surface area contributed by atoms with Gasteiger partial charge in [0.25, 0.3) is 5.91 Å². The van der Waals surface area contributed by atoms with E-state index in [0.717, 1.165) is 11.3 Å². The first kappa shape index (κ1) is 22.1. The molecule has 0 saturated carbocycles. The summed E-state index contributed by atoms with van der Waals surface area (Å²) in [6.45, 7) is 1.04. The number of rotatable bonds is 9. The number of carbonyl (C=O) groups excluding carboxylic acids is 2. The van der Waals surface area contributed by atoms with Crippen LogP contribution in [0.1, 0.15) is 15.9 Å². The normalized spacial score (nSPS) is 12.0. The van der Waals surface area contributed by atoms with Crippen molar-refractivity contribution in [2.45, 2.75) is 6.42 Å². The molecule has 1 amide bonds. The van der Waals surface area contributed by atoms with E-state index in [-0.39, 0.29) is 5.56 Å². The third-order valence-electron chi connectivity index (χ3n) is 4.58. The highest BCUT2D eigenvalue weighted by atomic mass is 16.6. The lowest BCUT2D eigenvalue weighted by Crippen LogP contribution is -2.30. The third kappa shape index (κ3) is 5.50. The van der Waals surface area contributed by atoms with Gasteiger partial charge in [-0.05, 0) is 36.2 Å². The quantitative estimate of drug-likeness (QED) is 0.602. The fraction of sp³-hybridized carbons (Fsp3) is 0.364. The van der Waals surface area contributed by atoms with Crippen molar-refractivity contribution < 1.29 is 38.0 Å². The number of nitrogens with one attached hydrogen (secondary N) is 1. The Morgan fingerprint density at radius 3 is 2.26 bits per heavy atom. The third-order valence-corrected chi connectivity index (χ3v) is 4.58. The van der Waals surface area contributed by atoms with Crippen molar-refractivity contribution in [2.24, 2.45) is 0 Å². The highest BCUT2D eigenvalue weighted by Crippen LogP contribution is 2.38. The van der Waals surface area contributed by atoms with Gasteiger partial charge in [0, 0.05) is 6.54 Å². The van der Waals surface area contributed by atoms with Crippen LogP contribution in [0.2, 0.25) is 0 Å². The Bertz CT molecular complexity index is 918. The largest absolute Gasteiger partial charge is 0.493 e. The van der Waals surface area contributed by atoms with Crippen LogP contribution in [0.4, 0.5) is 0 Å². The number of carbonyl (C=O) groups is 2. The molecule has 1 aliphatic heterocycles. The van der Waals surface area contributed by atoms with E-state index in [4.69, 9.17) is 28.4 Å². The molecule has 0 bridgehead atoms. The van der Waals surface area contributed by atoms with Gasteiger partial charge in [-0.25, -0.2) is 4.79 Å². The van der Waals surface area contributed by atoms with E-state index in [9.17, 15) is 9.59 Å². The Labute approximate surface area is 180 Å². The lowest BCUT2D eigenvalue weighted by molar-refractivity contribution is -0.124. The van der Waals surface area contributed by atoms with Crippen LogP contribution in [0.15, 0.2) is 30.3 Å². The predicted molar refractivity (Wildman–Crippen MR) is 111 cm³/mol. The maximum absolute atomic E-state index is 12.3. The van der Waals surface area contributed by atoms with Gasteiger partial charge in [-0.1, -0.05) is 6.07 Å². The molecule has 9 heteroatoms. The zero-order valence-electron chi connectivity index (χ0n) is 17.7. The average molecular weight is 431 g/mol. The Morgan fingerprint density at radius 2 is 1.61 bits per heavy atom. The maximum Gasteiger partial charge on any atom is 0.338 e. The fourth-order valence-electron chi connectivity index (χ4n) is 3.05. The van der Waals surface area contributed by atoms with Gasteiger partial charge in [-0.2, -0.15) is 0 Å². The summed E-state index contributed by atoms with van der Waals surface area (Å²) >= 11 is 0. The topological polar surface area (TPSA) is 102 Å². The molecule has 0 spiro atoms. The second kappa shape index (κ2) is 10.4. The van der Waals surface area contributed by atoms with Crippen LogP contribution in [0.25, 0.3) is 0 Å². The molecule has 166 valence electrons. The Hall–Kier alpha value is -3.62. The highest BCUT2D eigenvalue weighted by Gasteiger charge is 2.18. The van der Waals surface area contributed by atoms with Gasteiger partial charge in [0.1, 0.15) is 13.2 Å². The van der Waals surface area contributed by atoms with E-state index in [1.54, 1.807) is 0 Å². The van der Waals surface area contributed by atoms with Gasteiger partial charge in [0.05, 0.1) is 26.9 Å². The van der Waals surface area contributed by atoms with Crippen LogP contribution in [-0.4, -0.2) is 59.6 Å². The molecule has 2 aromatic carbocycles. The van der Waals surface area contributed by atoms with E-state index in [1.807, 2.05) is 18.2 Å². The molecule has 0 aromatic heterocycles. The van der Waals surface area contributed by atoms with Gasteiger partial charge in [-0.15, -0.1) is 0 Å². The lowest BCUT2D eigenvalue weighted by Gasteiger charge is -2.18. The standard InChI is InChI=1S/C22H25NO8/c1-26-18-11-15(12-19(27-2)21(18)28-3)22(25)31-13-20(24)23-7-6-14-4-5-16-17(10-14)30-9-8-29-16/h4-5,10-12H,6-9,13H2,1-3H3,(H,23,24). The Morgan fingerprint density at radius 1 is 0.935 bits per heavy atom. The van der Waals surface area contributed by atoms with Crippen LogP contribution in [0, 0.1) is 0 Å². The summed E-state index contributed by atoms with van der Waals surface area (Å²) in [6.07, 6.45) is 0.600. The SMILES string of the molecule is COc1cc(C(=O)OCC(=O)NCCc2ccc3c(c2)OCCO3)cc(OC)c1OC. The molecule has 1 N–H and O–H groups in total. The molecule has 0 unspecified atom stereocenters. The summed E-state index contributed by atoms with van der Waals surface area (Å²) in [4.78, 5) is 24.4. The zero-order valence-corrected chi connectivity index (χ0v) is 17.7. The summed E-state index contributed by atoms with van der Waals surface area (Å²) in [5.74, 6) is 1.33. The molecule has 9 nitrogen and oxygen atoms in total. The average Bonchev–Trinajstić information content (AvgIpc) is 2.81. The number of amides is 1. The number of methoxy groups -OCH3 is 3. The number of hydrogen-bond donors (Lipinski definition) is 1. The highest BCUT2D eigenvalue weighted by molar-refractivity contribution is 5.92. The second-order valence-corrected chi connectivity index (χ2v) is 6.57. The molecule has 3 rings (SSSR count). The molecule has 0 atom stereocenters. The summed E-state index contributed by atoms with van der Waals surface area (Å²) in [5.41, 5.74) is 1.18. The molecule has 0 aliphatic carbocycles.